The smallest absolute Gasteiger partial charge is 0.229 e. The molecule has 0 aliphatic carbocycles. The van der Waals surface area contributed by atoms with E-state index in [1.54, 1.807) is 4.90 Å². The molecule has 148 valence electrons. The van der Waals surface area contributed by atoms with Gasteiger partial charge in [-0.25, -0.2) is 0 Å². The second-order valence-electron chi connectivity index (χ2n) is 8.97. The van der Waals surface area contributed by atoms with Crippen LogP contribution in [0, 0.1) is 26.7 Å². The molecule has 3 rings (SSSR count). The molecule has 0 spiro atoms. The van der Waals surface area contributed by atoms with E-state index >= 15 is 0 Å². The van der Waals surface area contributed by atoms with E-state index in [1.807, 2.05) is 32.9 Å². The Morgan fingerprint density at radius 1 is 1.04 bits per heavy atom. The quantitative estimate of drug-likeness (QED) is 0.826. The van der Waals surface area contributed by atoms with E-state index in [4.69, 9.17) is 0 Å². The summed E-state index contributed by atoms with van der Waals surface area (Å²) in [6, 6.07) is 12.2. The third-order valence-corrected chi connectivity index (χ3v) is 5.47. The molecule has 2 aromatic rings. The Balaban J connectivity index is 1.73. The van der Waals surface area contributed by atoms with Gasteiger partial charge in [-0.15, -0.1) is 0 Å². The minimum atomic E-state index is -0.338. The van der Waals surface area contributed by atoms with Crippen LogP contribution in [0.4, 0.5) is 11.4 Å². The van der Waals surface area contributed by atoms with Gasteiger partial charge in [-0.05, 0) is 55.0 Å². The summed E-state index contributed by atoms with van der Waals surface area (Å²) in [5, 5.41) is 3.05. The molecule has 0 bridgehead atoms. The van der Waals surface area contributed by atoms with Crippen LogP contribution in [0.1, 0.15) is 49.4 Å². The predicted molar refractivity (Wildman–Crippen MR) is 115 cm³/mol. The average molecular weight is 379 g/mol. The number of aryl methyl sites for hydroxylation is 3. The lowest BCUT2D eigenvalue weighted by molar-refractivity contribution is -0.122. The lowest BCUT2D eigenvalue weighted by atomic mass is 9.87. The van der Waals surface area contributed by atoms with Gasteiger partial charge in [0.2, 0.25) is 11.8 Å². The number of nitrogens with zero attached hydrogens (tertiary/aromatic N) is 1. The molecule has 1 fully saturated rings. The molecule has 1 aliphatic rings. The minimum Gasteiger partial charge on any atom is -0.325 e. The van der Waals surface area contributed by atoms with Crippen molar-refractivity contribution in [1.29, 1.82) is 0 Å². The molecule has 1 N–H and O–H groups in total. The third-order valence-electron chi connectivity index (χ3n) is 5.47. The Morgan fingerprint density at radius 2 is 1.61 bits per heavy atom. The summed E-state index contributed by atoms with van der Waals surface area (Å²) in [7, 11) is 0. The van der Waals surface area contributed by atoms with Crippen molar-refractivity contribution in [2.24, 2.45) is 5.92 Å². The first-order valence-corrected chi connectivity index (χ1v) is 9.86. The first-order chi connectivity index (χ1) is 13.1. The minimum absolute atomic E-state index is 0.000934. The zero-order valence-electron chi connectivity index (χ0n) is 17.7. The molecule has 1 heterocycles. The van der Waals surface area contributed by atoms with Crippen LogP contribution < -0.4 is 10.2 Å². The summed E-state index contributed by atoms with van der Waals surface area (Å²) in [4.78, 5) is 27.1. The van der Waals surface area contributed by atoms with Gasteiger partial charge in [0.15, 0.2) is 0 Å². The summed E-state index contributed by atoms with van der Waals surface area (Å²) in [6.07, 6.45) is 0.247. The van der Waals surface area contributed by atoms with Crippen LogP contribution in [0.25, 0.3) is 0 Å². The highest BCUT2D eigenvalue weighted by Gasteiger charge is 2.35. The molecule has 1 saturated heterocycles. The van der Waals surface area contributed by atoms with Crippen LogP contribution in [-0.4, -0.2) is 18.4 Å². The van der Waals surface area contributed by atoms with Crippen molar-refractivity contribution in [3.63, 3.8) is 0 Å². The number of rotatable bonds is 3. The van der Waals surface area contributed by atoms with Crippen molar-refractivity contribution < 1.29 is 9.59 Å². The Hall–Kier alpha value is -2.62. The lowest BCUT2D eigenvalue weighted by Crippen LogP contribution is -2.28. The third kappa shape index (κ3) is 4.11. The number of nitrogens with one attached hydrogen (secondary N) is 1. The zero-order valence-corrected chi connectivity index (χ0v) is 17.7. The van der Waals surface area contributed by atoms with Crippen LogP contribution in [0.15, 0.2) is 36.4 Å². The number of benzene rings is 2. The first-order valence-electron chi connectivity index (χ1n) is 9.86. The Morgan fingerprint density at radius 3 is 2.14 bits per heavy atom. The van der Waals surface area contributed by atoms with Gasteiger partial charge in [-0.3, -0.25) is 9.59 Å². The van der Waals surface area contributed by atoms with Crippen molar-refractivity contribution in [3.8, 4) is 0 Å². The van der Waals surface area contributed by atoms with E-state index < -0.39 is 0 Å². The van der Waals surface area contributed by atoms with E-state index in [0.717, 1.165) is 22.5 Å². The number of hydrogen-bond donors (Lipinski definition) is 1. The lowest BCUT2D eigenvalue weighted by Gasteiger charge is -2.22. The van der Waals surface area contributed by atoms with Crippen molar-refractivity contribution in [2.75, 3.05) is 16.8 Å². The standard InChI is InChI=1S/C24H30N2O2/c1-15-11-16(2)22(17(3)12-15)25-23(28)18-13-21(27)26(14-18)20-9-7-19(8-10-20)24(4,5)6/h7-12,18H,13-14H2,1-6H3,(H,25,28). The predicted octanol–water partition coefficient (Wildman–Crippen LogP) is 4.90. The largest absolute Gasteiger partial charge is 0.325 e. The van der Waals surface area contributed by atoms with Crippen LogP contribution in [0.5, 0.6) is 0 Å². The molecule has 1 atom stereocenters. The van der Waals surface area contributed by atoms with Crippen LogP contribution in [0.3, 0.4) is 0 Å². The fraction of sp³-hybridized carbons (Fsp3) is 0.417. The molecular formula is C24H30N2O2. The number of carbonyl (C=O) groups is 2. The molecule has 0 aromatic heterocycles. The second-order valence-corrected chi connectivity index (χ2v) is 8.97. The van der Waals surface area contributed by atoms with E-state index in [1.165, 1.54) is 11.1 Å². The molecule has 2 amide bonds. The van der Waals surface area contributed by atoms with E-state index in [-0.39, 0.29) is 29.6 Å². The molecular weight excluding hydrogens is 348 g/mol. The van der Waals surface area contributed by atoms with Crippen molar-refractivity contribution in [2.45, 2.75) is 53.4 Å². The van der Waals surface area contributed by atoms with Crippen LogP contribution >= 0.6 is 0 Å². The number of anilines is 2. The Labute approximate surface area is 167 Å². The van der Waals surface area contributed by atoms with Gasteiger partial charge in [0, 0.05) is 24.3 Å². The number of hydrogen-bond acceptors (Lipinski definition) is 2. The van der Waals surface area contributed by atoms with Crippen LogP contribution in [-0.2, 0) is 15.0 Å². The van der Waals surface area contributed by atoms with Crippen molar-refractivity contribution in [3.05, 3.63) is 58.7 Å². The molecule has 2 aromatic carbocycles. The molecule has 1 aliphatic heterocycles. The van der Waals surface area contributed by atoms with Gasteiger partial charge in [-0.2, -0.15) is 0 Å². The molecule has 0 saturated carbocycles. The topological polar surface area (TPSA) is 49.4 Å². The van der Waals surface area contributed by atoms with Gasteiger partial charge in [0.25, 0.3) is 0 Å². The highest BCUT2D eigenvalue weighted by molar-refractivity contribution is 6.04. The first kappa shape index (κ1) is 20.1. The molecule has 4 heteroatoms. The normalized spacial score (nSPS) is 17.1. The summed E-state index contributed by atoms with van der Waals surface area (Å²) in [6.45, 7) is 13.0. The van der Waals surface area contributed by atoms with Gasteiger partial charge >= 0.3 is 0 Å². The van der Waals surface area contributed by atoms with E-state index in [2.05, 4.69) is 50.4 Å². The molecule has 0 radical (unpaired) electrons. The van der Waals surface area contributed by atoms with Crippen LogP contribution in [0.2, 0.25) is 0 Å². The number of carbonyl (C=O) groups excluding carboxylic acids is 2. The maximum Gasteiger partial charge on any atom is 0.229 e. The van der Waals surface area contributed by atoms with Gasteiger partial charge in [-0.1, -0.05) is 50.6 Å². The molecule has 28 heavy (non-hydrogen) atoms. The van der Waals surface area contributed by atoms with Crippen molar-refractivity contribution >= 4 is 23.2 Å². The van der Waals surface area contributed by atoms with Gasteiger partial charge in [0.1, 0.15) is 0 Å². The summed E-state index contributed by atoms with van der Waals surface area (Å²) in [5.41, 5.74) is 6.28. The highest BCUT2D eigenvalue weighted by atomic mass is 16.2. The molecule has 1 unspecified atom stereocenters. The summed E-state index contributed by atoms with van der Waals surface area (Å²) >= 11 is 0. The fourth-order valence-corrected chi connectivity index (χ4v) is 3.88. The SMILES string of the molecule is Cc1cc(C)c(NC(=O)C2CC(=O)N(c3ccc(C(C)(C)C)cc3)C2)c(C)c1. The van der Waals surface area contributed by atoms with E-state index in [0.29, 0.717) is 6.54 Å². The zero-order chi connectivity index (χ0) is 20.6. The van der Waals surface area contributed by atoms with E-state index in [9.17, 15) is 9.59 Å². The highest BCUT2D eigenvalue weighted by Crippen LogP contribution is 2.30. The maximum atomic E-state index is 12.8. The fourth-order valence-electron chi connectivity index (χ4n) is 3.88. The van der Waals surface area contributed by atoms with Crippen molar-refractivity contribution in [1.82, 2.24) is 0 Å². The van der Waals surface area contributed by atoms with Gasteiger partial charge in [0.05, 0.1) is 5.92 Å². The average Bonchev–Trinajstić information content (AvgIpc) is 2.99. The number of amides is 2. The Bertz CT molecular complexity index is 884. The second kappa shape index (κ2) is 7.42. The Kier molecular flexibility index (Phi) is 5.33. The summed E-state index contributed by atoms with van der Waals surface area (Å²) < 4.78 is 0. The maximum absolute atomic E-state index is 12.8. The summed E-state index contributed by atoms with van der Waals surface area (Å²) in [5.74, 6) is -0.423. The van der Waals surface area contributed by atoms with Gasteiger partial charge < -0.3 is 10.2 Å². The monoisotopic (exact) mass is 378 g/mol. The molecule has 4 nitrogen and oxygen atoms in total.